The van der Waals surface area contributed by atoms with Crippen molar-refractivity contribution in [1.82, 2.24) is 10.2 Å². The molecule has 21 heavy (non-hydrogen) atoms. The molecule has 2 atom stereocenters. The number of amides is 1. The Morgan fingerprint density at radius 2 is 2.19 bits per heavy atom. The van der Waals surface area contributed by atoms with Crippen LogP contribution < -0.4 is 5.32 Å². The molecule has 1 saturated heterocycles. The molecule has 1 aromatic rings. The molecule has 4 nitrogen and oxygen atoms in total. The highest BCUT2D eigenvalue weighted by molar-refractivity contribution is 6.30. The fraction of sp³-hybridized carbons (Fsp3) is 0.562. The van der Waals surface area contributed by atoms with Crippen LogP contribution in [0, 0.1) is 0 Å². The van der Waals surface area contributed by atoms with Crippen LogP contribution in [0.3, 0.4) is 0 Å². The quantitative estimate of drug-likeness (QED) is 0.878. The van der Waals surface area contributed by atoms with Crippen LogP contribution in [0.5, 0.6) is 0 Å². The standard InChI is InChI=1S/C16H23ClN2O2/c1-12(13-5-7-14(17)8-6-13)19(2)11-16(20)18-10-15-4-3-9-21-15/h5-8,12,15H,3-4,9-11H2,1-2H3,(H,18,20)/t12-,15+/m0/s1. The number of hydrogen-bond donors (Lipinski definition) is 1. The Morgan fingerprint density at radius 3 is 2.81 bits per heavy atom. The number of rotatable bonds is 6. The summed E-state index contributed by atoms with van der Waals surface area (Å²) in [6.45, 7) is 3.88. The van der Waals surface area contributed by atoms with Crippen LogP contribution in [0.2, 0.25) is 5.02 Å². The van der Waals surface area contributed by atoms with Gasteiger partial charge in [0.15, 0.2) is 0 Å². The maximum atomic E-state index is 12.0. The average molecular weight is 311 g/mol. The zero-order valence-corrected chi connectivity index (χ0v) is 13.4. The number of carbonyl (C=O) groups is 1. The van der Waals surface area contributed by atoms with Crippen LogP contribution in [0.25, 0.3) is 0 Å². The Labute approximate surface area is 131 Å². The number of carbonyl (C=O) groups excluding carboxylic acids is 1. The van der Waals surface area contributed by atoms with Crippen LogP contribution in [-0.2, 0) is 9.53 Å². The lowest BCUT2D eigenvalue weighted by Crippen LogP contribution is -2.39. The zero-order chi connectivity index (χ0) is 15.2. The van der Waals surface area contributed by atoms with E-state index in [9.17, 15) is 4.79 Å². The molecular weight excluding hydrogens is 288 g/mol. The third-order valence-electron chi connectivity index (χ3n) is 3.96. The van der Waals surface area contributed by atoms with Gasteiger partial charge in [-0.05, 0) is 44.5 Å². The van der Waals surface area contributed by atoms with Gasteiger partial charge in [-0.3, -0.25) is 9.69 Å². The summed E-state index contributed by atoms with van der Waals surface area (Å²) in [7, 11) is 1.95. The van der Waals surface area contributed by atoms with E-state index < -0.39 is 0 Å². The zero-order valence-electron chi connectivity index (χ0n) is 12.6. The Hall–Kier alpha value is -1.10. The molecule has 0 radical (unpaired) electrons. The first kappa shape index (κ1) is 16.3. The lowest BCUT2D eigenvalue weighted by atomic mass is 10.1. The van der Waals surface area contributed by atoms with E-state index >= 15 is 0 Å². The second-order valence-corrected chi connectivity index (χ2v) is 6.02. The smallest absolute Gasteiger partial charge is 0.234 e. The number of hydrogen-bond acceptors (Lipinski definition) is 3. The van der Waals surface area contributed by atoms with E-state index in [0.29, 0.717) is 13.1 Å². The van der Waals surface area contributed by atoms with E-state index in [4.69, 9.17) is 16.3 Å². The van der Waals surface area contributed by atoms with E-state index in [1.165, 1.54) is 0 Å². The number of benzene rings is 1. The normalized spacial score (nSPS) is 19.7. The highest BCUT2D eigenvalue weighted by Crippen LogP contribution is 2.20. The van der Waals surface area contributed by atoms with Crippen molar-refractivity contribution in [2.24, 2.45) is 0 Å². The van der Waals surface area contributed by atoms with Gasteiger partial charge in [-0.25, -0.2) is 0 Å². The molecule has 1 aliphatic heterocycles. The molecule has 5 heteroatoms. The molecule has 0 saturated carbocycles. The molecule has 1 aliphatic rings. The molecule has 0 aliphatic carbocycles. The number of nitrogens with zero attached hydrogens (tertiary/aromatic N) is 1. The molecule has 1 amide bonds. The first-order chi connectivity index (χ1) is 10.1. The second-order valence-electron chi connectivity index (χ2n) is 5.58. The van der Waals surface area contributed by atoms with Crippen LogP contribution in [-0.4, -0.2) is 43.7 Å². The first-order valence-electron chi connectivity index (χ1n) is 7.40. The Kier molecular flexibility index (Phi) is 6.03. The fourth-order valence-corrected chi connectivity index (χ4v) is 2.57. The van der Waals surface area contributed by atoms with E-state index in [1.807, 2.05) is 36.2 Å². The molecule has 0 unspecified atom stereocenters. The minimum absolute atomic E-state index is 0.0359. The van der Waals surface area contributed by atoms with Gasteiger partial charge in [-0.2, -0.15) is 0 Å². The van der Waals surface area contributed by atoms with Crippen molar-refractivity contribution < 1.29 is 9.53 Å². The van der Waals surface area contributed by atoms with Crippen molar-refractivity contribution >= 4 is 17.5 Å². The largest absolute Gasteiger partial charge is 0.376 e. The SMILES string of the molecule is C[C@@H](c1ccc(Cl)cc1)N(C)CC(=O)NC[C@H]1CCCO1. The number of ether oxygens (including phenoxy) is 1. The van der Waals surface area contributed by atoms with Gasteiger partial charge in [-0.1, -0.05) is 23.7 Å². The maximum absolute atomic E-state index is 12.0. The summed E-state index contributed by atoms with van der Waals surface area (Å²) in [6, 6.07) is 7.90. The number of halogens is 1. The average Bonchev–Trinajstić information content (AvgIpc) is 2.98. The van der Waals surface area contributed by atoms with Crippen molar-refractivity contribution in [2.75, 3.05) is 26.7 Å². The Balaban J connectivity index is 1.77. The molecular formula is C16H23ClN2O2. The van der Waals surface area contributed by atoms with E-state index in [2.05, 4.69) is 12.2 Å². The van der Waals surface area contributed by atoms with Crippen molar-refractivity contribution in [3.8, 4) is 0 Å². The van der Waals surface area contributed by atoms with Crippen LogP contribution in [0.4, 0.5) is 0 Å². The van der Waals surface area contributed by atoms with E-state index in [-0.39, 0.29) is 18.1 Å². The number of nitrogens with one attached hydrogen (secondary N) is 1. The molecule has 1 N–H and O–H groups in total. The Morgan fingerprint density at radius 1 is 1.48 bits per heavy atom. The minimum atomic E-state index is 0.0359. The van der Waals surface area contributed by atoms with Gasteiger partial charge in [-0.15, -0.1) is 0 Å². The van der Waals surface area contributed by atoms with Gasteiger partial charge in [0.2, 0.25) is 5.91 Å². The third-order valence-corrected chi connectivity index (χ3v) is 4.21. The maximum Gasteiger partial charge on any atom is 0.234 e. The van der Waals surface area contributed by atoms with Crippen LogP contribution >= 0.6 is 11.6 Å². The monoisotopic (exact) mass is 310 g/mol. The summed E-state index contributed by atoms with van der Waals surface area (Å²) in [6.07, 6.45) is 2.32. The van der Waals surface area contributed by atoms with E-state index in [1.54, 1.807) is 0 Å². The highest BCUT2D eigenvalue weighted by Gasteiger charge is 2.18. The summed E-state index contributed by atoms with van der Waals surface area (Å²) in [5, 5.41) is 3.67. The van der Waals surface area contributed by atoms with Crippen molar-refractivity contribution in [3.63, 3.8) is 0 Å². The van der Waals surface area contributed by atoms with Crippen molar-refractivity contribution in [2.45, 2.75) is 31.9 Å². The summed E-state index contributed by atoms with van der Waals surface area (Å²) < 4.78 is 5.50. The molecule has 116 valence electrons. The Bertz CT molecular complexity index is 458. The molecule has 1 aromatic carbocycles. The number of likely N-dealkylation sites (N-methyl/N-ethyl adjacent to an activating group) is 1. The van der Waals surface area contributed by atoms with Crippen LogP contribution in [0.1, 0.15) is 31.4 Å². The van der Waals surface area contributed by atoms with Gasteiger partial charge in [0.25, 0.3) is 0 Å². The lowest BCUT2D eigenvalue weighted by molar-refractivity contribution is -0.122. The summed E-state index contributed by atoms with van der Waals surface area (Å²) in [5.41, 5.74) is 1.15. The molecule has 1 heterocycles. The lowest BCUT2D eigenvalue weighted by Gasteiger charge is -2.24. The molecule has 1 fully saturated rings. The third kappa shape index (κ3) is 4.99. The topological polar surface area (TPSA) is 41.6 Å². The van der Waals surface area contributed by atoms with Gasteiger partial charge >= 0.3 is 0 Å². The van der Waals surface area contributed by atoms with Crippen molar-refractivity contribution in [3.05, 3.63) is 34.9 Å². The van der Waals surface area contributed by atoms with Gasteiger partial charge < -0.3 is 10.1 Å². The van der Waals surface area contributed by atoms with Gasteiger partial charge in [0.1, 0.15) is 0 Å². The fourth-order valence-electron chi connectivity index (χ4n) is 2.45. The summed E-state index contributed by atoms with van der Waals surface area (Å²) >= 11 is 5.89. The predicted octanol–water partition coefficient (Wildman–Crippen LogP) is 2.63. The highest BCUT2D eigenvalue weighted by atomic mass is 35.5. The van der Waals surface area contributed by atoms with E-state index in [0.717, 1.165) is 30.0 Å². The van der Waals surface area contributed by atoms with Crippen LogP contribution in [0.15, 0.2) is 24.3 Å². The van der Waals surface area contributed by atoms with Gasteiger partial charge in [0.05, 0.1) is 12.6 Å². The van der Waals surface area contributed by atoms with Crippen molar-refractivity contribution in [1.29, 1.82) is 0 Å². The first-order valence-corrected chi connectivity index (χ1v) is 7.78. The molecule has 0 spiro atoms. The summed E-state index contributed by atoms with van der Waals surface area (Å²) in [4.78, 5) is 14.0. The molecule has 0 aromatic heterocycles. The second kappa shape index (κ2) is 7.78. The molecule has 0 bridgehead atoms. The minimum Gasteiger partial charge on any atom is -0.376 e. The van der Waals surface area contributed by atoms with Gasteiger partial charge in [0, 0.05) is 24.2 Å². The summed E-state index contributed by atoms with van der Waals surface area (Å²) in [5.74, 6) is 0.0359. The molecule has 2 rings (SSSR count). The predicted molar refractivity (Wildman–Crippen MR) is 84.5 cm³/mol.